The van der Waals surface area contributed by atoms with Gasteiger partial charge in [-0.1, -0.05) is 70.2 Å². The van der Waals surface area contributed by atoms with Crippen molar-refractivity contribution in [3.05, 3.63) is 75.8 Å². The van der Waals surface area contributed by atoms with Gasteiger partial charge in [0.05, 0.1) is 24.4 Å². The van der Waals surface area contributed by atoms with Crippen LogP contribution >= 0.6 is 39.0 Å². The Bertz CT molecular complexity index is 1290. The van der Waals surface area contributed by atoms with E-state index >= 15 is 0 Å². The van der Waals surface area contributed by atoms with Crippen LogP contribution in [0.15, 0.2) is 69.6 Å². The minimum atomic E-state index is -0.171. The zero-order valence-electron chi connectivity index (χ0n) is 18.9. The van der Waals surface area contributed by atoms with E-state index < -0.39 is 0 Å². The predicted molar refractivity (Wildman–Crippen MR) is 142 cm³/mol. The first-order valence-corrected chi connectivity index (χ1v) is 13.5. The van der Waals surface area contributed by atoms with Crippen LogP contribution in [-0.4, -0.2) is 37.3 Å². The maximum Gasteiger partial charge on any atom is 0.236 e. The minimum absolute atomic E-state index is 0.0820. The van der Waals surface area contributed by atoms with Crippen molar-refractivity contribution in [2.45, 2.75) is 31.6 Å². The van der Waals surface area contributed by atoms with Gasteiger partial charge in [-0.2, -0.15) is 0 Å². The molecule has 2 aromatic carbocycles. The minimum Gasteiger partial charge on any atom is -0.349 e. The molecule has 2 heterocycles. The Balaban J connectivity index is 1.28. The molecule has 35 heavy (non-hydrogen) atoms. The maximum absolute atomic E-state index is 12.5. The fourth-order valence-corrected chi connectivity index (χ4v) is 5.09. The van der Waals surface area contributed by atoms with Gasteiger partial charge in [0.1, 0.15) is 0 Å². The van der Waals surface area contributed by atoms with Crippen LogP contribution in [0.1, 0.15) is 18.3 Å². The first-order valence-electron chi connectivity index (χ1n) is 10.9. The molecular formula is C24H23BrN6O2S2. The van der Waals surface area contributed by atoms with Crippen LogP contribution in [0.3, 0.4) is 0 Å². The molecule has 2 aromatic heterocycles. The summed E-state index contributed by atoms with van der Waals surface area (Å²) >= 11 is 6.10. The Morgan fingerprint density at radius 2 is 1.83 bits per heavy atom. The van der Waals surface area contributed by atoms with Gasteiger partial charge in [0.25, 0.3) is 0 Å². The first kappa shape index (κ1) is 25.1. The van der Waals surface area contributed by atoms with Gasteiger partial charge in [-0.3, -0.25) is 9.59 Å². The van der Waals surface area contributed by atoms with Crippen molar-refractivity contribution in [3.8, 4) is 11.3 Å². The second-order valence-electron chi connectivity index (χ2n) is 7.46. The van der Waals surface area contributed by atoms with Crippen molar-refractivity contribution in [2.75, 3.05) is 11.1 Å². The highest BCUT2D eigenvalue weighted by molar-refractivity contribution is 9.10. The topological polar surface area (TPSA) is 102 Å². The number of hydrogen-bond donors (Lipinski definition) is 2. The molecule has 2 amide bonds. The molecule has 0 atom stereocenters. The van der Waals surface area contributed by atoms with E-state index in [2.05, 4.69) is 41.7 Å². The van der Waals surface area contributed by atoms with E-state index in [0.717, 1.165) is 21.3 Å². The lowest BCUT2D eigenvalue weighted by molar-refractivity contribution is -0.120. The zero-order chi connectivity index (χ0) is 24.6. The molecule has 180 valence electrons. The monoisotopic (exact) mass is 570 g/mol. The lowest BCUT2D eigenvalue weighted by atomic mass is 10.1. The third kappa shape index (κ3) is 7.00. The SMILES string of the molecule is CCn1c(CNC(=O)Cc2ccccc2)nnc1SCC(=O)Nc1nc(-c2ccc(Br)cc2)cs1. The normalized spacial score (nSPS) is 10.8. The molecule has 0 unspecified atom stereocenters. The quantitative estimate of drug-likeness (QED) is 0.266. The molecule has 2 N–H and O–H groups in total. The molecule has 0 saturated heterocycles. The number of amides is 2. The number of nitrogens with zero attached hydrogens (tertiary/aromatic N) is 4. The van der Waals surface area contributed by atoms with Crippen LogP contribution in [0, 0.1) is 0 Å². The Labute approximate surface area is 219 Å². The van der Waals surface area contributed by atoms with E-state index in [1.54, 1.807) is 0 Å². The van der Waals surface area contributed by atoms with E-state index in [-0.39, 0.29) is 24.1 Å². The maximum atomic E-state index is 12.5. The van der Waals surface area contributed by atoms with Crippen LogP contribution in [0.4, 0.5) is 5.13 Å². The number of carbonyl (C=O) groups is 2. The molecule has 0 saturated carbocycles. The van der Waals surface area contributed by atoms with Crippen molar-refractivity contribution >= 4 is 56.0 Å². The number of rotatable bonds is 10. The molecular weight excluding hydrogens is 548 g/mol. The fourth-order valence-electron chi connectivity index (χ4n) is 3.27. The number of halogens is 1. The molecule has 0 aliphatic carbocycles. The van der Waals surface area contributed by atoms with Gasteiger partial charge in [0, 0.05) is 22.0 Å². The van der Waals surface area contributed by atoms with Crippen molar-refractivity contribution in [1.82, 2.24) is 25.1 Å². The Morgan fingerprint density at radius 1 is 1.06 bits per heavy atom. The summed E-state index contributed by atoms with van der Waals surface area (Å²) in [4.78, 5) is 29.2. The van der Waals surface area contributed by atoms with E-state index in [9.17, 15) is 9.59 Å². The van der Waals surface area contributed by atoms with Gasteiger partial charge >= 0.3 is 0 Å². The van der Waals surface area contributed by atoms with Gasteiger partial charge < -0.3 is 15.2 Å². The zero-order valence-corrected chi connectivity index (χ0v) is 22.1. The van der Waals surface area contributed by atoms with E-state index in [1.807, 2.05) is 71.5 Å². The number of hydrogen-bond acceptors (Lipinski definition) is 7. The van der Waals surface area contributed by atoms with Crippen LogP contribution in [-0.2, 0) is 29.1 Å². The summed E-state index contributed by atoms with van der Waals surface area (Å²) < 4.78 is 2.90. The Hall–Kier alpha value is -3.02. The van der Waals surface area contributed by atoms with E-state index in [0.29, 0.717) is 29.1 Å². The van der Waals surface area contributed by atoms with Crippen molar-refractivity contribution in [1.29, 1.82) is 0 Å². The highest BCUT2D eigenvalue weighted by atomic mass is 79.9. The van der Waals surface area contributed by atoms with Crippen molar-refractivity contribution < 1.29 is 9.59 Å². The fraction of sp³-hybridized carbons (Fsp3) is 0.208. The van der Waals surface area contributed by atoms with Gasteiger partial charge in [-0.05, 0) is 24.6 Å². The average Bonchev–Trinajstić information content (AvgIpc) is 3.49. The second-order valence-corrected chi connectivity index (χ2v) is 10.2. The van der Waals surface area contributed by atoms with Gasteiger partial charge in [0.2, 0.25) is 11.8 Å². The number of carbonyl (C=O) groups excluding carboxylic acids is 2. The van der Waals surface area contributed by atoms with Gasteiger partial charge in [-0.15, -0.1) is 21.5 Å². The molecule has 0 radical (unpaired) electrons. The summed E-state index contributed by atoms with van der Waals surface area (Å²) in [6, 6.07) is 17.4. The molecule has 4 rings (SSSR count). The lowest BCUT2D eigenvalue weighted by Gasteiger charge is -2.08. The molecule has 0 bridgehead atoms. The van der Waals surface area contributed by atoms with Crippen LogP contribution in [0.25, 0.3) is 11.3 Å². The smallest absolute Gasteiger partial charge is 0.236 e. The number of thiazole rings is 1. The van der Waals surface area contributed by atoms with Gasteiger partial charge in [-0.25, -0.2) is 4.98 Å². The molecule has 8 nitrogen and oxygen atoms in total. The number of aromatic nitrogens is 4. The third-order valence-electron chi connectivity index (χ3n) is 4.98. The third-order valence-corrected chi connectivity index (χ3v) is 7.24. The highest BCUT2D eigenvalue weighted by Crippen LogP contribution is 2.26. The largest absolute Gasteiger partial charge is 0.349 e. The predicted octanol–water partition coefficient (Wildman–Crippen LogP) is 4.77. The average molecular weight is 572 g/mol. The number of thioether (sulfide) groups is 1. The molecule has 0 aliphatic heterocycles. The molecule has 11 heteroatoms. The standard InChI is InChI=1S/C24H23BrN6O2S2/c1-2-31-20(13-26-21(32)12-16-6-4-3-5-7-16)29-30-24(31)35-15-22(33)28-23-27-19(14-34-23)17-8-10-18(25)11-9-17/h3-11,14H,2,12-13,15H2,1H3,(H,26,32)(H,27,28,33). The van der Waals surface area contributed by atoms with Crippen LogP contribution in [0.2, 0.25) is 0 Å². The number of nitrogens with one attached hydrogen (secondary N) is 2. The van der Waals surface area contributed by atoms with Crippen molar-refractivity contribution in [3.63, 3.8) is 0 Å². The van der Waals surface area contributed by atoms with Gasteiger partial charge in [0.15, 0.2) is 16.1 Å². The van der Waals surface area contributed by atoms with E-state index in [4.69, 9.17) is 0 Å². The summed E-state index contributed by atoms with van der Waals surface area (Å²) in [5.74, 6) is 0.568. The highest BCUT2D eigenvalue weighted by Gasteiger charge is 2.15. The Morgan fingerprint density at radius 3 is 2.57 bits per heavy atom. The summed E-state index contributed by atoms with van der Waals surface area (Å²) in [5, 5.41) is 17.2. The van der Waals surface area contributed by atoms with Crippen LogP contribution < -0.4 is 10.6 Å². The lowest BCUT2D eigenvalue weighted by Crippen LogP contribution is -2.26. The second kappa shape index (κ2) is 12.1. The van der Waals surface area contributed by atoms with Crippen LogP contribution in [0.5, 0.6) is 0 Å². The molecule has 4 aromatic rings. The number of anilines is 1. The number of benzene rings is 2. The summed E-state index contributed by atoms with van der Waals surface area (Å²) in [5.41, 5.74) is 2.75. The molecule has 0 fully saturated rings. The van der Waals surface area contributed by atoms with Crippen molar-refractivity contribution in [2.24, 2.45) is 0 Å². The Kier molecular flexibility index (Phi) is 8.67. The summed E-state index contributed by atoms with van der Waals surface area (Å²) in [6.07, 6.45) is 0.309. The summed E-state index contributed by atoms with van der Waals surface area (Å²) in [6.45, 7) is 2.88. The summed E-state index contributed by atoms with van der Waals surface area (Å²) in [7, 11) is 0. The molecule has 0 aliphatic rings. The first-order chi connectivity index (χ1) is 17.0. The van der Waals surface area contributed by atoms with E-state index in [1.165, 1.54) is 23.1 Å². The molecule has 0 spiro atoms.